The topological polar surface area (TPSA) is 67.2 Å². The van der Waals surface area contributed by atoms with Crippen LogP contribution >= 0.6 is 0 Å². The van der Waals surface area contributed by atoms with E-state index in [1.807, 2.05) is 42.2 Å². The van der Waals surface area contributed by atoms with Crippen molar-refractivity contribution in [3.8, 4) is 0 Å². The summed E-state index contributed by atoms with van der Waals surface area (Å²) in [5.74, 6) is -0.0821. The monoisotopic (exact) mass is 374 g/mol. The number of para-hydroxylation sites is 2. The fourth-order valence-corrected chi connectivity index (χ4v) is 3.86. The van der Waals surface area contributed by atoms with E-state index in [9.17, 15) is 4.79 Å². The third-order valence-corrected chi connectivity index (χ3v) is 5.55. The molecule has 0 N–H and O–H groups in total. The van der Waals surface area contributed by atoms with Crippen LogP contribution in [0.15, 0.2) is 48.8 Å². The smallest absolute Gasteiger partial charge is 0.280 e. The van der Waals surface area contributed by atoms with Crippen molar-refractivity contribution in [3.63, 3.8) is 0 Å². The fourth-order valence-electron chi connectivity index (χ4n) is 3.86. The summed E-state index contributed by atoms with van der Waals surface area (Å²) in [6.07, 6.45) is 5.99. The summed E-state index contributed by atoms with van der Waals surface area (Å²) in [7, 11) is 0. The van der Waals surface area contributed by atoms with Gasteiger partial charge in [0, 0.05) is 31.5 Å². The molecule has 0 spiro atoms. The van der Waals surface area contributed by atoms with Gasteiger partial charge in [-0.1, -0.05) is 17.3 Å². The van der Waals surface area contributed by atoms with Crippen LogP contribution in [0.5, 0.6) is 0 Å². The second-order valence-corrected chi connectivity index (χ2v) is 7.41. The van der Waals surface area contributed by atoms with Gasteiger partial charge >= 0.3 is 0 Å². The molecule has 0 saturated heterocycles. The summed E-state index contributed by atoms with van der Waals surface area (Å²) < 4.78 is 1.77. The molecular formula is C21H22N6O. The Balaban J connectivity index is 1.43. The number of hydrogen-bond acceptors (Lipinski definition) is 5. The minimum absolute atomic E-state index is 0.0821. The van der Waals surface area contributed by atoms with E-state index in [2.05, 4.69) is 26.3 Å². The summed E-state index contributed by atoms with van der Waals surface area (Å²) >= 11 is 0. The van der Waals surface area contributed by atoms with Crippen LogP contribution in [0.4, 0.5) is 11.4 Å². The van der Waals surface area contributed by atoms with Gasteiger partial charge < -0.3 is 9.80 Å². The van der Waals surface area contributed by atoms with Crippen LogP contribution in [0.2, 0.25) is 0 Å². The lowest BCUT2D eigenvalue weighted by Gasteiger charge is -2.37. The molecule has 1 fully saturated rings. The molecule has 0 radical (unpaired) electrons. The first-order valence-corrected chi connectivity index (χ1v) is 9.69. The lowest BCUT2D eigenvalue weighted by Crippen LogP contribution is -2.45. The Morgan fingerprint density at radius 3 is 2.57 bits per heavy atom. The molecule has 0 unspecified atom stereocenters. The highest BCUT2D eigenvalue weighted by atomic mass is 16.2. The zero-order valence-electron chi connectivity index (χ0n) is 15.8. The summed E-state index contributed by atoms with van der Waals surface area (Å²) in [6, 6.07) is 12.7. The van der Waals surface area contributed by atoms with E-state index in [1.165, 1.54) is 12.8 Å². The fraction of sp³-hybridized carbons (Fsp3) is 0.333. The van der Waals surface area contributed by atoms with Crippen LogP contribution in [0, 0.1) is 6.92 Å². The van der Waals surface area contributed by atoms with Gasteiger partial charge in [0.15, 0.2) is 5.69 Å². The number of hydrogen-bond donors (Lipinski definition) is 0. The predicted molar refractivity (Wildman–Crippen MR) is 107 cm³/mol. The van der Waals surface area contributed by atoms with Crippen molar-refractivity contribution in [3.05, 3.63) is 65.7 Å². The number of anilines is 2. The van der Waals surface area contributed by atoms with Crippen molar-refractivity contribution >= 4 is 17.3 Å². The van der Waals surface area contributed by atoms with Gasteiger partial charge in [-0.05, 0) is 49.6 Å². The molecule has 1 saturated carbocycles. The standard InChI is InChI=1S/C21H22N6O/c1-15-20(23-24-27(15)14-16-8-10-22-11-9-16)21(28)26-13-12-25(17-6-7-17)18-4-2-3-5-19(18)26/h2-5,8-11,17H,6-7,12-14H2,1H3. The third kappa shape index (κ3) is 2.93. The molecule has 3 heterocycles. The lowest BCUT2D eigenvalue weighted by molar-refractivity contribution is 0.0981. The Kier molecular flexibility index (Phi) is 4.07. The van der Waals surface area contributed by atoms with Gasteiger partial charge in [0.1, 0.15) is 0 Å². The molecular weight excluding hydrogens is 352 g/mol. The highest BCUT2D eigenvalue weighted by Crippen LogP contribution is 2.40. The molecule has 3 aromatic rings. The SMILES string of the molecule is Cc1c(C(=O)N2CCN(C3CC3)c3ccccc32)nnn1Cc1ccncc1. The first-order chi connectivity index (χ1) is 13.7. The molecule has 0 bridgehead atoms. The first-order valence-electron chi connectivity index (χ1n) is 9.69. The van der Waals surface area contributed by atoms with Crippen LogP contribution in [0.3, 0.4) is 0 Å². The Bertz CT molecular complexity index is 1010. The number of pyridine rings is 1. The van der Waals surface area contributed by atoms with Crippen molar-refractivity contribution in [2.45, 2.75) is 32.4 Å². The summed E-state index contributed by atoms with van der Waals surface area (Å²) in [5, 5.41) is 8.44. The molecule has 28 heavy (non-hydrogen) atoms. The molecule has 0 atom stereocenters. The van der Waals surface area contributed by atoms with E-state index < -0.39 is 0 Å². The predicted octanol–water partition coefficient (Wildman–Crippen LogP) is 2.66. The molecule has 5 rings (SSSR count). The Hall–Kier alpha value is -3.22. The summed E-state index contributed by atoms with van der Waals surface area (Å²) in [4.78, 5) is 21.6. The Morgan fingerprint density at radius 2 is 1.82 bits per heavy atom. The largest absolute Gasteiger partial charge is 0.365 e. The highest BCUT2D eigenvalue weighted by molar-refractivity contribution is 6.07. The molecule has 1 aromatic carbocycles. The summed E-state index contributed by atoms with van der Waals surface area (Å²) in [5.41, 5.74) is 4.39. The van der Waals surface area contributed by atoms with E-state index in [0.29, 0.717) is 24.8 Å². The lowest BCUT2D eigenvalue weighted by atomic mass is 10.1. The number of rotatable bonds is 4. The minimum Gasteiger partial charge on any atom is -0.365 e. The highest BCUT2D eigenvalue weighted by Gasteiger charge is 2.36. The van der Waals surface area contributed by atoms with Gasteiger partial charge in [-0.3, -0.25) is 9.78 Å². The van der Waals surface area contributed by atoms with Crippen LogP contribution < -0.4 is 9.80 Å². The Labute approximate surface area is 163 Å². The van der Waals surface area contributed by atoms with Crippen molar-refractivity contribution in [1.82, 2.24) is 20.0 Å². The van der Waals surface area contributed by atoms with Crippen molar-refractivity contribution in [2.75, 3.05) is 22.9 Å². The zero-order valence-corrected chi connectivity index (χ0v) is 15.8. The van der Waals surface area contributed by atoms with E-state index in [1.54, 1.807) is 17.1 Å². The molecule has 7 nitrogen and oxygen atoms in total. The van der Waals surface area contributed by atoms with Gasteiger partial charge in [-0.15, -0.1) is 5.10 Å². The van der Waals surface area contributed by atoms with Crippen LogP contribution in [-0.2, 0) is 6.54 Å². The van der Waals surface area contributed by atoms with Gasteiger partial charge in [-0.2, -0.15) is 0 Å². The van der Waals surface area contributed by atoms with E-state index in [-0.39, 0.29) is 5.91 Å². The normalized spacial score (nSPS) is 16.2. The zero-order chi connectivity index (χ0) is 19.1. The van der Waals surface area contributed by atoms with Gasteiger partial charge in [0.25, 0.3) is 5.91 Å². The third-order valence-electron chi connectivity index (χ3n) is 5.55. The van der Waals surface area contributed by atoms with Crippen LogP contribution in [0.1, 0.15) is 34.6 Å². The molecule has 1 aliphatic heterocycles. The van der Waals surface area contributed by atoms with Crippen LogP contribution in [-0.4, -0.2) is 45.0 Å². The number of carbonyl (C=O) groups is 1. The summed E-state index contributed by atoms with van der Waals surface area (Å²) in [6.45, 7) is 4.00. The van der Waals surface area contributed by atoms with E-state index in [4.69, 9.17) is 0 Å². The van der Waals surface area contributed by atoms with Crippen molar-refractivity contribution in [2.24, 2.45) is 0 Å². The second-order valence-electron chi connectivity index (χ2n) is 7.41. The van der Waals surface area contributed by atoms with E-state index in [0.717, 1.165) is 29.2 Å². The maximum absolute atomic E-state index is 13.3. The molecule has 7 heteroatoms. The molecule has 2 aliphatic rings. The van der Waals surface area contributed by atoms with Crippen LogP contribution in [0.25, 0.3) is 0 Å². The van der Waals surface area contributed by atoms with E-state index >= 15 is 0 Å². The number of amides is 1. The number of aromatic nitrogens is 4. The quantitative estimate of drug-likeness (QED) is 0.702. The number of nitrogens with zero attached hydrogens (tertiary/aromatic N) is 6. The average molecular weight is 374 g/mol. The van der Waals surface area contributed by atoms with Gasteiger partial charge in [-0.25, -0.2) is 4.68 Å². The maximum Gasteiger partial charge on any atom is 0.280 e. The minimum atomic E-state index is -0.0821. The number of fused-ring (bicyclic) bond motifs is 1. The maximum atomic E-state index is 13.3. The van der Waals surface area contributed by atoms with Crippen molar-refractivity contribution < 1.29 is 4.79 Å². The second kappa shape index (κ2) is 6.74. The average Bonchev–Trinajstić information content (AvgIpc) is 3.52. The molecule has 2 aromatic heterocycles. The molecule has 1 aliphatic carbocycles. The van der Waals surface area contributed by atoms with Gasteiger partial charge in [0.2, 0.25) is 0 Å². The Morgan fingerprint density at radius 1 is 1.07 bits per heavy atom. The molecule has 142 valence electrons. The van der Waals surface area contributed by atoms with Crippen molar-refractivity contribution in [1.29, 1.82) is 0 Å². The van der Waals surface area contributed by atoms with Gasteiger partial charge in [0.05, 0.1) is 23.6 Å². The molecule has 1 amide bonds. The number of benzene rings is 1. The number of carbonyl (C=O) groups excluding carboxylic acids is 1. The first kappa shape index (κ1) is 16.9.